The molecule has 34 heavy (non-hydrogen) atoms. The third kappa shape index (κ3) is 4.67. The summed E-state index contributed by atoms with van der Waals surface area (Å²) in [5, 5.41) is 8.89. The van der Waals surface area contributed by atoms with Crippen molar-refractivity contribution >= 4 is 11.9 Å². The Hall–Kier alpha value is -3.29. The fraction of sp³-hybridized carbons (Fsp3) is 0.500. The third-order valence-electron chi connectivity index (χ3n) is 7.46. The topological polar surface area (TPSA) is 103 Å². The molecule has 8 heteroatoms. The van der Waals surface area contributed by atoms with Crippen LogP contribution in [0.15, 0.2) is 48.8 Å². The quantitative estimate of drug-likeness (QED) is 0.525. The molecule has 3 aromatic rings. The van der Waals surface area contributed by atoms with Gasteiger partial charge in [0, 0.05) is 37.6 Å². The van der Waals surface area contributed by atoms with E-state index >= 15 is 0 Å². The van der Waals surface area contributed by atoms with Crippen LogP contribution in [0.1, 0.15) is 67.8 Å². The second kappa shape index (κ2) is 9.52. The first-order chi connectivity index (χ1) is 16.5. The summed E-state index contributed by atoms with van der Waals surface area (Å²) in [5.74, 6) is 1.14. The molecule has 2 saturated carbocycles. The normalized spacial score (nSPS) is 18.4. The van der Waals surface area contributed by atoms with E-state index in [9.17, 15) is 4.79 Å². The Kier molecular flexibility index (Phi) is 6.30. The van der Waals surface area contributed by atoms with Gasteiger partial charge in [-0.05, 0) is 49.7 Å². The number of hydrogen-bond acceptors (Lipinski definition) is 6. The van der Waals surface area contributed by atoms with E-state index in [0.717, 1.165) is 43.1 Å². The molecule has 2 N–H and O–H groups in total. The minimum atomic E-state index is -0.676. The summed E-state index contributed by atoms with van der Waals surface area (Å²) in [6.45, 7) is 0.750. The summed E-state index contributed by atoms with van der Waals surface area (Å²) in [6, 6.07) is 12.4. The molecule has 2 aliphatic rings. The van der Waals surface area contributed by atoms with Gasteiger partial charge in [-0.2, -0.15) is 0 Å². The van der Waals surface area contributed by atoms with Crippen molar-refractivity contribution in [2.75, 3.05) is 11.9 Å². The highest BCUT2D eigenvalue weighted by molar-refractivity contribution is 5.85. The number of nitrogens with zero attached hydrogens (tertiary/aromatic N) is 6. The van der Waals surface area contributed by atoms with Crippen LogP contribution in [0.4, 0.5) is 5.95 Å². The summed E-state index contributed by atoms with van der Waals surface area (Å²) in [5.41, 5.74) is 8.16. The van der Waals surface area contributed by atoms with E-state index in [2.05, 4.69) is 32.3 Å². The van der Waals surface area contributed by atoms with Crippen molar-refractivity contribution < 1.29 is 4.79 Å². The molecule has 1 aromatic carbocycles. The van der Waals surface area contributed by atoms with Gasteiger partial charge in [0.05, 0.1) is 5.69 Å². The molecule has 2 fully saturated rings. The van der Waals surface area contributed by atoms with Gasteiger partial charge in [-0.25, -0.2) is 14.6 Å². The van der Waals surface area contributed by atoms with E-state index in [1.165, 1.54) is 37.7 Å². The van der Waals surface area contributed by atoms with Crippen LogP contribution in [0.25, 0.3) is 0 Å². The molecule has 2 aliphatic carbocycles. The summed E-state index contributed by atoms with van der Waals surface area (Å²) in [6.07, 6.45) is 12.2. The van der Waals surface area contributed by atoms with Crippen molar-refractivity contribution in [2.24, 2.45) is 11.7 Å². The number of hydrogen-bond donors (Lipinski definition) is 1. The minimum Gasteiger partial charge on any atom is -0.368 e. The SMILES string of the molecule is CN(Cc1ccccc1)c1nccc(C[C@H](c2cn(C3(C(N)=O)CC3)nn2)C2CCCCC2)n1. The number of carbonyl (C=O) groups is 1. The molecule has 5 rings (SSSR count). The molecule has 0 spiro atoms. The highest BCUT2D eigenvalue weighted by Gasteiger charge is 2.52. The van der Waals surface area contributed by atoms with Crippen molar-refractivity contribution in [3.63, 3.8) is 0 Å². The van der Waals surface area contributed by atoms with Crippen LogP contribution in [-0.4, -0.2) is 37.9 Å². The first-order valence-electron chi connectivity index (χ1n) is 12.3. The van der Waals surface area contributed by atoms with Gasteiger partial charge in [0.1, 0.15) is 5.54 Å². The van der Waals surface area contributed by atoms with E-state index in [4.69, 9.17) is 10.7 Å². The fourth-order valence-corrected chi connectivity index (χ4v) is 5.25. The Bertz CT molecular complexity index is 1120. The molecule has 8 nitrogen and oxygen atoms in total. The Morgan fingerprint density at radius 1 is 1.18 bits per heavy atom. The average Bonchev–Trinajstić information content (AvgIpc) is 3.54. The van der Waals surface area contributed by atoms with Gasteiger partial charge in [-0.3, -0.25) is 4.79 Å². The molecule has 0 saturated heterocycles. The van der Waals surface area contributed by atoms with Gasteiger partial charge in [0.2, 0.25) is 11.9 Å². The Labute approximate surface area is 200 Å². The van der Waals surface area contributed by atoms with Gasteiger partial charge < -0.3 is 10.6 Å². The third-order valence-corrected chi connectivity index (χ3v) is 7.46. The molecule has 1 atom stereocenters. The lowest BCUT2D eigenvalue weighted by atomic mass is 9.76. The van der Waals surface area contributed by atoms with Crippen LogP contribution in [0.2, 0.25) is 0 Å². The Morgan fingerprint density at radius 2 is 1.94 bits per heavy atom. The van der Waals surface area contributed by atoms with Gasteiger partial charge in [-0.15, -0.1) is 5.10 Å². The maximum Gasteiger partial charge on any atom is 0.245 e. The average molecular weight is 460 g/mol. The van der Waals surface area contributed by atoms with Crippen molar-refractivity contribution in [3.05, 3.63) is 65.7 Å². The van der Waals surface area contributed by atoms with Crippen LogP contribution in [0.3, 0.4) is 0 Å². The summed E-state index contributed by atoms with van der Waals surface area (Å²) < 4.78 is 1.71. The standard InChI is InChI=1S/C26H33N7O/c1-32(17-19-8-4-2-5-9-19)25-28-15-12-21(29-25)16-22(20-10-6-3-7-11-20)23-18-33(31-30-23)26(13-14-26)24(27)34/h2,4-5,8-9,12,15,18,20,22H,3,6-7,10-11,13-14,16-17H2,1H3,(H2,27,34)/t22-/m0/s1. The number of anilines is 1. The number of benzene rings is 1. The van der Waals surface area contributed by atoms with Crippen molar-refractivity contribution in [1.29, 1.82) is 0 Å². The summed E-state index contributed by atoms with van der Waals surface area (Å²) in [4.78, 5) is 23.5. The van der Waals surface area contributed by atoms with E-state index in [-0.39, 0.29) is 11.8 Å². The Balaban J connectivity index is 1.37. The minimum absolute atomic E-state index is 0.208. The second-order valence-corrected chi connectivity index (χ2v) is 9.88. The highest BCUT2D eigenvalue weighted by Crippen LogP contribution is 2.44. The van der Waals surface area contributed by atoms with Crippen LogP contribution < -0.4 is 10.6 Å². The van der Waals surface area contributed by atoms with Crippen molar-refractivity contribution in [2.45, 2.75) is 69.4 Å². The monoisotopic (exact) mass is 459 g/mol. The lowest BCUT2D eigenvalue weighted by molar-refractivity contribution is -0.122. The van der Waals surface area contributed by atoms with Gasteiger partial charge >= 0.3 is 0 Å². The maximum absolute atomic E-state index is 12.0. The molecule has 2 aromatic heterocycles. The number of aromatic nitrogens is 5. The number of carbonyl (C=O) groups excluding carboxylic acids is 1. The van der Waals surface area contributed by atoms with E-state index < -0.39 is 5.54 Å². The van der Waals surface area contributed by atoms with E-state index in [1.54, 1.807) is 4.68 Å². The van der Waals surface area contributed by atoms with Crippen LogP contribution in [0, 0.1) is 5.92 Å². The number of rotatable bonds is 9. The predicted molar refractivity (Wildman–Crippen MR) is 130 cm³/mol. The smallest absolute Gasteiger partial charge is 0.245 e. The summed E-state index contributed by atoms with van der Waals surface area (Å²) in [7, 11) is 2.02. The molecule has 2 heterocycles. The molecule has 0 aliphatic heterocycles. The molecule has 1 amide bonds. The lowest BCUT2D eigenvalue weighted by Gasteiger charge is -2.29. The van der Waals surface area contributed by atoms with E-state index in [1.807, 2.05) is 43.7 Å². The molecule has 0 bridgehead atoms. The molecular weight excluding hydrogens is 426 g/mol. The maximum atomic E-state index is 12.0. The highest BCUT2D eigenvalue weighted by atomic mass is 16.2. The van der Waals surface area contributed by atoms with E-state index in [0.29, 0.717) is 5.92 Å². The molecular formula is C26H33N7O. The molecule has 178 valence electrons. The fourth-order valence-electron chi connectivity index (χ4n) is 5.25. The van der Waals surface area contributed by atoms with Gasteiger partial charge in [0.15, 0.2) is 0 Å². The predicted octanol–water partition coefficient (Wildman–Crippen LogP) is 3.59. The first-order valence-corrected chi connectivity index (χ1v) is 12.3. The summed E-state index contributed by atoms with van der Waals surface area (Å²) >= 11 is 0. The second-order valence-electron chi connectivity index (χ2n) is 9.88. The van der Waals surface area contributed by atoms with Crippen molar-refractivity contribution in [3.8, 4) is 0 Å². The van der Waals surface area contributed by atoms with Gasteiger partial charge in [0.25, 0.3) is 0 Å². The number of amides is 1. The zero-order valence-corrected chi connectivity index (χ0v) is 19.8. The van der Waals surface area contributed by atoms with Crippen molar-refractivity contribution in [1.82, 2.24) is 25.0 Å². The Morgan fingerprint density at radius 3 is 2.65 bits per heavy atom. The molecule has 0 radical (unpaired) electrons. The first kappa shape index (κ1) is 22.5. The molecule has 0 unspecified atom stereocenters. The van der Waals surface area contributed by atoms with Gasteiger partial charge in [-0.1, -0.05) is 54.8 Å². The number of nitrogens with two attached hydrogens (primary N) is 1. The van der Waals surface area contributed by atoms with Crippen LogP contribution in [0.5, 0.6) is 0 Å². The lowest BCUT2D eigenvalue weighted by Crippen LogP contribution is -2.34. The van der Waals surface area contributed by atoms with Crippen LogP contribution in [-0.2, 0) is 23.3 Å². The van der Waals surface area contributed by atoms with Crippen LogP contribution >= 0.6 is 0 Å². The number of primary amides is 1. The largest absolute Gasteiger partial charge is 0.368 e. The zero-order valence-electron chi connectivity index (χ0n) is 19.8. The zero-order chi connectivity index (χ0) is 23.5.